The number of carbonyl (C=O) groups excluding carboxylic acids is 1. The molecular formula is C11H22N2O2. The summed E-state index contributed by atoms with van der Waals surface area (Å²) >= 11 is 0. The average Bonchev–Trinajstić information content (AvgIpc) is 2.09. The molecule has 0 aliphatic carbocycles. The highest BCUT2D eigenvalue weighted by Crippen LogP contribution is 2.06. The maximum absolute atomic E-state index is 11.2. The zero-order chi connectivity index (χ0) is 11.9. The van der Waals surface area contributed by atoms with Crippen LogP contribution in [0.2, 0.25) is 0 Å². The Labute approximate surface area is 92.1 Å². The molecule has 4 heteroatoms. The Bertz CT molecular complexity index is 215. The van der Waals surface area contributed by atoms with E-state index in [9.17, 15) is 4.79 Å². The Morgan fingerprint density at radius 1 is 1.40 bits per heavy atom. The summed E-state index contributed by atoms with van der Waals surface area (Å²) in [5, 5.41) is 3.85. The molecule has 0 heterocycles. The first kappa shape index (κ1) is 13.9. The molecule has 0 aliphatic heterocycles. The molecule has 0 saturated heterocycles. The van der Waals surface area contributed by atoms with Crippen molar-refractivity contribution in [2.75, 3.05) is 0 Å². The van der Waals surface area contributed by atoms with Crippen LogP contribution in [0.15, 0.2) is 5.10 Å². The van der Waals surface area contributed by atoms with Crippen LogP contribution in [-0.2, 0) is 4.74 Å². The first-order valence-electron chi connectivity index (χ1n) is 5.41. The standard InChI is InChI=1S/C11H22N2O2/c1-6-9(7-2)8-12-13-10(14)15-11(3,4)5/h8-9H,6-7H2,1-5H3,(H,13,14). The summed E-state index contributed by atoms with van der Waals surface area (Å²) in [6.07, 6.45) is 3.29. The van der Waals surface area contributed by atoms with Crippen molar-refractivity contribution in [3.8, 4) is 0 Å². The molecule has 0 radical (unpaired) electrons. The second kappa shape index (κ2) is 6.43. The number of nitrogens with one attached hydrogen (secondary N) is 1. The molecule has 0 fully saturated rings. The third kappa shape index (κ3) is 7.97. The summed E-state index contributed by atoms with van der Waals surface area (Å²) in [6.45, 7) is 9.63. The monoisotopic (exact) mass is 214 g/mol. The summed E-state index contributed by atoms with van der Waals surface area (Å²) in [4.78, 5) is 11.2. The van der Waals surface area contributed by atoms with Gasteiger partial charge in [0.1, 0.15) is 5.60 Å². The molecule has 0 aromatic rings. The molecule has 0 aromatic heterocycles. The van der Waals surface area contributed by atoms with Gasteiger partial charge >= 0.3 is 6.09 Å². The molecule has 0 aliphatic rings. The average molecular weight is 214 g/mol. The van der Waals surface area contributed by atoms with E-state index in [2.05, 4.69) is 24.4 Å². The van der Waals surface area contributed by atoms with Gasteiger partial charge in [0.05, 0.1) is 0 Å². The predicted molar refractivity (Wildman–Crippen MR) is 61.9 cm³/mol. The molecule has 4 nitrogen and oxygen atoms in total. The quantitative estimate of drug-likeness (QED) is 0.578. The minimum absolute atomic E-state index is 0.417. The van der Waals surface area contributed by atoms with E-state index >= 15 is 0 Å². The van der Waals surface area contributed by atoms with E-state index in [0.29, 0.717) is 5.92 Å². The van der Waals surface area contributed by atoms with E-state index < -0.39 is 11.7 Å². The van der Waals surface area contributed by atoms with E-state index in [-0.39, 0.29) is 0 Å². The molecule has 0 rings (SSSR count). The number of ether oxygens (including phenoxy) is 1. The third-order valence-electron chi connectivity index (χ3n) is 1.89. The first-order chi connectivity index (χ1) is 6.89. The van der Waals surface area contributed by atoms with Gasteiger partial charge in [-0.15, -0.1) is 0 Å². The van der Waals surface area contributed by atoms with Crippen molar-refractivity contribution in [2.24, 2.45) is 11.0 Å². The van der Waals surface area contributed by atoms with Crippen LogP contribution in [-0.4, -0.2) is 17.9 Å². The molecule has 0 spiro atoms. The molecule has 0 unspecified atom stereocenters. The van der Waals surface area contributed by atoms with Crippen LogP contribution in [0.4, 0.5) is 4.79 Å². The number of hydrogen-bond donors (Lipinski definition) is 1. The number of amides is 1. The summed E-state index contributed by atoms with van der Waals surface area (Å²) < 4.78 is 5.02. The van der Waals surface area contributed by atoms with Gasteiger partial charge in [-0.3, -0.25) is 0 Å². The second-order valence-electron chi connectivity index (χ2n) is 4.47. The van der Waals surface area contributed by atoms with E-state index in [1.54, 1.807) is 6.21 Å². The highest BCUT2D eigenvalue weighted by molar-refractivity contribution is 5.70. The first-order valence-corrected chi connectivity index (χ1v) is 5.41. The Morgan fingerprint density at radius 2 is 1.93 bits per heavy atom. The fourth-order valence-corrected chi connectivity index (χ4v) is 0.996. The fraction of sp³-hybridized carbons (Fsp3) is 0.818. The van der Waals surface area contributed by atoms with Crippen molar-refractivity contribution < 1.29 is 9.53 Å². The topological polar surface area (TPSA) is 50.7 Å². The van der Waals surface area contributed by atoms with Gasteiger partial charge in [0, 0.05) is 6.21 Å². The van der Waals surface area contributed by atoms with Crippen LogP contribution < -0.4 is 5.43 Å². The van der Waals surface area contributed by atoms with E-state index in [0.717, 1.165) is 12.8 Å². The van der Waals surface area contributed by atoms with Crippen molar-refractivity contribution in [1.29, 1.82) is 0 Å². The molecule has 0 saturated carbocycles. The molecule has 0 aromatic carbocycles. The van der Waals surface area contributed by atoms with Crippen LogP contribution in [0.25, 0.3) is 0 Å². The van der Waals surface area contributed by atoms with Crippen LogP contribution >= 0.6 is 0 Å². The SMILES string of the molecule is CCC(C=NNC(=O)OC(C)(C)C)CC. The van der Waals surface area contributed by atoms with Crippen LogP contribution in [0.5, 0.6) is 0 Å². The van der Waals surface area contributed by atoms with E-state index in [4.69, 9.17) is 4.74 Å². The molecule has 88 valence electrons. The van der Waals surface area contributed by atoms with Crippen molar-refractivity contribution in [3.63, 3.8) is 0 Å². The van der Waals surface area contributed by atoms with Gasteiger partial charge in [0.15, 0.2) is 0 Å². The lowest BCUT2D eigenvalue weighted by Crippen LogP contribution is -2.30. The minimum Gasteiger partial charge on any atom is -0.443 e. The van der Waals surface area contributed by atoms with E-state index in [1.165, 1.54) is 0 Å². The van der Waals surface area contributed by atoms with Crippen LogP contribution in [0, 0.1) is 5.92 Å². The predicted octanol–water partition coefficient (Wildman–Crippen LogP) is 2.93. The third-order valence-corrected chi connectivity index (χ3v) is 1.89. The number of hydrogen-bond acceptors (Lipinski definition) is 3. The molecule has 1 amide bonds. The van der Waals surface area contributed by atoms with Gasteiger partial charge in [0.25, 0.3) is 0 Å². The zero-order valence-electron chi connectivity index (χ0n) is 10.3. The van der Waals surface area contributed by atoms with Gasteiger partial charge in [-0.1, -0.05) is 13.8 Å². The highest BCUT2D eigenvalue weighted by atomic mass is 16.6. The Kier molecular flexibility index (Phi) is 5.97. The largest absolute Gasteiger partial charge is 0.443 e. The zero-order valence-corrected chi connectivity index (χ0v) is 10.3. The van der Waals surface area contributed by atoms with Crippen molar-refractivity contribution in [3.05, 3.63) is 0 Å². The van der Waals surface area contributed by atoms with Gasteiger partial charge in [-0.05, 0) is 39.5 Å². The maximum Gasteiger partial charge on any atom is 0.428 e. The number of carbonyl (C=O) groups is 1. The van der Waals surface area contributed by atoms with Crippen molar-refractivity contribution >= 4 is 12.3 Å². The lowest BCUT2D eigenvalue weighted by atomic mass is 10.1. The summed E-state index contributed by atoms with van der Waals surface area (Å²) in [5.41, 5.74) is 1.87. The van der Waals surface area contributed by atoms with Gasteiger partial charge in [-0.2, -0.15) is 5.10 Å². The maximum atomic E-state index is 11.2. The van der Waals surface area contributed by atoms with Gasteiger partial charge < -0.3 is 4.74 Å². The number of hydrazone groups is 1. The smallest absolute Gasteiger partial charge is 0.428 e. The second-order valence-corrected chi connectivity index (χ2v) is 4.47. The number of nitrogens with zero attached hydrogens (tertiary/aromatic N) is 1. The molecule has 0 bridgehead atoms. The normalized spacial score (nSPS) is 12.1. The van der Waals surface area contributed by atoms with E-state index in [1.807, 2.05) is 20.8 Å². The van der Waals surface area contributed by atoms with Crippen molar-refractivity contribution in [1.82, 2.24) is 5.43 Å². The lowest BCUT2D eigenvalue weighted by Gasteiger charge is -2.18. The lowest BCUT2D eigenvalue weighted by molar-refractivity contribution is 0.0529. The van der Waals surface area contributed by atoms with Crippen molar-refractivity contribution in [2.45, 2.75) is 53.1 Å². The van der Waals surface area contributed by atoms with Gasteiger partial charge in [-0.25, -0.2) is 10.2 Å². The van der Waals surface area contributed by atoms with Crippen LogP contribution in [0.3, 0.4) is 0 Å². The summed E-state index contributed by atoms with van der Waals surface area (Å²) in [7, 11) is 0. The summed E-state index contributed by atoms with van der Waals surface area (Å²) in [6, 6.07) is 0. The highest BCUT2D eigenvalue weighted by Gasteiger charge is 2.15. The minimum atomic E-state index is -0.510. The van der Waals surface area contributed by atoms with Crippen LogP contribution in [0.1, 0.15) is 47.5 Å². The molecular weight excluding hydrogens is 192 g/mol. The summed E-state index contributed by atoms with van der Waals surface area (Å²) in [5.74, 6) is 0.417. The Balaban J connectivity index is 3.90. The fourth-order valence-electron chi connectivity index (χ4n) is 0.996. The number of rotatable bonds is 4. The molecule has 1 N–H and O–H groups in total. The Morgan fingerprint density at radius 3 is 2.33 bits per heavy atom. The Hall–Kier alpha value is -1.06. The molecule has 0 atom stereocenters. The van der Waals surface area contributed by atoms with Gasteiger partial charge in [0.2, 0.25) is 0 Å². The molecule has 15 heavy (non-hydrogen) atoms.